The van der Waals surface area contributed by atoms with Crippen molar-refractivity contribution in [2.24, 2.45) is 0 Å². The third kappa shape index (κ3) is 3.94. The van der Waals surface area contributed by atoms with Gasteiger partial charge in [-0.2, -0.15) is 9.78 Å². The number of rotatable bonds is 5. The summed E-state index contributed by atoms with van der Waals surface area (Å²) < 4.78 is 12.2. The Kier molecular flexibility index (Phi) is 5.33. The highest BCUT2D eigenvalue weighted by atomic mass is 16.5. The highest BCUT2D eigenvalue weighted by Gasteiger charge is 2.16. The molecule has 0 saturated heterocycles. The number of nitrogens with one attached hydrogen (secondary N) is 1. The molecule has 0 bridgehead atoms. The van der Waals surface area contributed by atoms with Crippen LogP contribution < -0.4 is 14.8 Å². The zero-order valence-corrected chi connectivity index (χ0v) is 18.2. The van der Waals surface area contributed by atoms with Crippen LogP contribution >= 0.6 is 0 Å². The Morgan fingerprint density at radius 2 is 1.65 bits per heavy atom. The number of aryl methyl sites for hydroxylation is 3. The molecule has 1 amide bonds. The number of para-hydroxylation sites is 1. The molecular weight excluding hydrogens is 392 g/mol. The smallest absolute Gasteiger partial charge is 0.257 e. The van der Waals surface area contributed by atoms with Gasteiger partial charge in [0.15, 0.2) is 5.82 Å². The number of benzene rings is 2. The number of aromatic nitrogens is 3. The Morgan fingerprint density at radius 3 is 2.32 bits per heavy atom. The van der Waals surface area contributed by atoms with Gasteiger partial charge in [-0.3, -0.25) is 4.79 Å². The fourth-order valence-electron chi connectivity index (χ4n) is 3.54. The summed E-state index contributed by atoms with van der Waals surface area (Å²) in [6.07, 6.45) is 0. The molecule has 1 N–H and O–H groups in total. The van der Waals surface area contributed by atoms with Crippen LogP contribution in [-0.4, -0.2) is 34.9 Å². The van der Waals surface area contributed by atoms with Crippen molar-refractivity contribution in [2.45, 2.75) is 20.8 Å². The Morgan fingerprint density at radius 1 is 0.935 bits per heavy atom. The largest absolute Gasteiger partial charge is 0.497 e. The van der Waals surface area contributed by atoms with Crippen LogP contribution in [0.1, 0.15) is 27.2 Å². The molecule has 158 valence electrons. The molecule has 4 aromatic rings. The molecular formula is C24H24N4O3. The number of pyridine rings is 1. The molecule has 7 nitrogen and oxygen atoms in total. The lowest BCUT2D eigenvalue weighted by molar-refractivity contribution is 0.102. The van der Waals surface area contributed by atoms with E-state index in [1.54, 1.807) is 37.1 Å². The van der Waals surface area contributed by atoms with Gasteiger partial charge in [0.1, 0.15) is 17.3 Å². The lowest BCUT2D eigenvalue weighted by Crippen LogP contribution is -2.16. The van der Waals surface area contributed by atoms with E-state index in [1.165, 1.54) is 0 Å². The van der Waals surface area contributed by atoms with E-state index < -0.39 is 0 Å². The topological polar surface area (TPSA) is 78.3 Å². The molecule has 2 aromatic heterocycles. The van der Waals surface area contributed by atoms with Crippen LogP contribution in [0.15, 0.2) is 48.5 Å². The standard InChI is InChI=1S/C24H24N4O3/c1-14-7-6-8-20-15(2)9-21(25-23(14)20)28-22(10-16(3)27-28)26-24(29)17-11-18(30-4)13-19(12-17)31-5/h6-13H,1-5H3,(H,26,29). The highest BCUT2D eigenvalue weighted by molar-refractivity contribution is 6.04. The number of carbonyl (C=O) groups is 1. The molecule has 7 heteroatoms. The molecule has 31 heavy (non-hydrogen) atoms. The van der Waals surface area contributed by atoms with E-state index in [4.69, 9.17) is 14.5 Å². The third-order valence-electron chi connectivity index (χ3n) is 5.14. The first-order valence-electron chi connectivity index (χ1n) is 9.88. The number of ether oxygens (including phenoxy) is 2. The maximum atomic E-state index is 13.0. The maximum absolute atomic E-state index is 13.0. The molecule has 2 heterocycles. The first-order valence-corrected chi connectivity index (χ1v) is 9.88. The third-order valence-corrected chi connectivity index (χ3v) is 5.14. The summed E-state index contributed by atoms with van der Waals surface area (Å²) in [5, 5.41) is 8.60. The fourth-order valence-corrected chi connectivity index (χ4v) is 3.54. The molecule has 0 saturated carbocycles. The van der Waals surface area contributed by atoms with Gasteiger partial charge in [-0.25, -0.2) is 4.98 Å². The lowest BCUT2D eigenvalue weighted by atomic mass is 10.1. The average molecular weight is 416 g/mol. The average Bonchev–Trinajstić information content (AvgIpc) is 3.13. The van der Waals surface area contributed by atoms with Crippen LogP contribution in [0, 0.1) is 20.8 Å². The summed E-state index contributed by atoms with van der Waals surface area (Å²) >= 11 is 0. The predicted octanol–water partition coefficient (Wildman–Crippen LogP) is 4.62. The van der Waals surface area contributed by atoms with Crippen molar-refractivity contribution in [3.8, 4) is 17.3 Å². The van der Waals surface area contributed by atoms with E-state index in [0.29, 0.717) is 28.7 Å². The summed E-state index contributed by atoms with van der Waals surface area (Å²) in [5.41, 5.74) is 4.27. The summed E-state index contributed by atoms with van der Waals surface area (Å²) in [4.78, 5) is 17.8. The van der Waals surface area contributed by atoms with Crippen molar-refractivity contribution >= 4 is 22.6 Å². The first-order chi connectivity index (χ1) is 14.9. The number of hydrogen-bond donors (Lipinski definition) is 1. The van der Waals surface area contributed by atoms with Crippen LogP contribution in [0.5, 0.6) is 11.5 Å². The van der Waals surface area contributed by atoms with Crippen LogP contribution in [0.2, 0.25) is 0 Å². The zero-order valence-electron chi connectivity index (χ0n) is 18.2. The van der Waals surface area contributed by atoms with E-state index in [2.05, 4.69) is 16.5 Å². The van der Waals surface area contributed by atoms with Gasteiger partial charge in [-0.1, -0.05) is 18.2 Å². The summed E-state index contributed by atoms with van der Waals surface area (Å²) in [6.45, 7) is 5.95. The summed E-state index contributed by atoms with van der Waals surface area (Å²) in [6, 6.07) is 14.9. The Bertz CT molecular complexity index is 1270. The van der Waals surface area contributed by atoms with E-state index in [1.807, 2.05) is 45.0 Å². The van der Waals surface area contributed by atoms with Gasteiger partial charge in [0.05, 0.1) is 25.4 Å². The van der Waals surface area contributed by atoms with Crippen molar-refractivity contribution in [1.29, 1.82) is 0 Å². The van der Waals surface area contributed by atoms with Gasteiger partial charge < -0.3 is 14.8 Å². The van der Waals surface area contributed by atoms with Gasteiger partial charge in [0, 0.05) is 23.1 Å². The lowest BCUT2D eigenvalue weighted by Gasteiger charge is -2.12. The second-order valence-corrected chi connectivity index (χ2v) is 7.41. The van der Waals surface area contributed by atoms with Crippen molar-refractivity contribution in [2.75, 3.05) is 19.5 Å². The van der Waals surface area contributed by atoms with Crippen LogP contribution in [0.4, 0.5) is 5.82 Å². The predicted molar refractivity (Wildman–Crippen MR) is 121 cm³/mol. The number of fused-ring (bicyclic) bond motifs is 1. The Labute approximate surface area is 180 Å². The van der Waals surface area contributed by atoms with Crippen LogP contribution in [0.25, 0.3) is 16.7 Å². The quantitative estimate of drug-likeness (QED) is 0.514. The minimum absolute atomic E-state index is 0.299. The van der Waals surface area contributed by atoms with Crippen LogP contribution in [0.3, 0.4) is 0 Å². The number of amides is 1. The van der Waals surface area contributed by atoms with Crippen molar-refractivity contribution in [3.63, 3.8) is 0 Å². The second kappa shape index (κ2) is 8.10. The fraction of sp³-hybridized carbons (Fsp3) is 0.208. The minimum atomic E-state index is -0.299. The number of methoxy groups -OCH3 is 2. The zero-order chi connectivity index (χ0) is 22.1. The molecule has 0 aliphatic rings. The number of anilines is 1. The molecule has 2 aromatic carbocycles. The van der Waals surface area contributed by atoms with E-state index in [9.17, 15) is 4.79 Å². The van der Waals surface area contributed by atoms with Crippen molar-refractivity contribution in [1.82, 2.24) is 14.8 Å². The van der Waals surface area contributed by atoms with Gasteiger partial charge >= 0.3 is 0 Å². The Balaban J connectivity index is 1.74. The molecule has 0 aliphatic heterocycles. The van der Waals surface area contributed by atoms with Gasteiger partial charge in [0.2, 0.25) is 0 Å². The minimum Gasteiger partial charge on any atom is -0.497 e. The molecule has 0 unspecified atom stereocenters. The van der Waals surface area contributed by atoms with E-state index >= 15 is 0 Å². The molecule has 0 spiro atoms. The van der Waals surface area contributed by atoms with Gasteiger partial charge in [-0.15, -0.1) is 0 Å². The van der Waals surface area contributed by atoms with Crippen molar-refractivity contribution in [3.05, 3.63) is 70.9 Å². The Hall–Kier alpha value is -3.87. The normalized spacial score (nSPS) is 10.9. The van der Waals surface area contributed by atoms with E-state index in [0.717, 1.165) is 27.7 Å². The number of carbonyl (C=O) groups excluding carboxylic acids is 1. The van der Waals surface area contributed by atoms with Crippen LogP contribution in [-0.2, 0) is 0 Å². The monoisotopic (exact) mass is 416 g/mol. The number of nitrogens with zero attached hydrogens (tertiary/aromatic N) is 3. The summed E-state index contributed by atoms with van der Waals surface area (Å²) in [5.74, 6) is 1.95. The highest BCUT2D eigenvalue weighted by Crippen LogP contribution is 2.26. The molecule has 0 fully saturated rings. The molecule has 0 aliphatic carbocycles. The SMILES string of the molecule is COc1cc(OC)cc(C(=O)Nc2cc(C)nn2-c2cc(C)c3cccc(C)c3n2)c1. The second-order valence-electron chi connectivity index (χ2n) is 7.41. The maximum Gasteiger partial charge on any atom is 0.257 e. The van der Waals surface area contributed by atoms with Crippen molar-refractivity contribution < 1.29 is 14.3 Å². The molecule has 4 rings (SSSR count). The molecule has 0 atom stereocenters. The molecule has 0 radical (unpaired) electrons. The van der Waals surface area contributed by atoms with Gasteiger partial charge in [0.25, 0.3) is 5.91 Å². The van der Waals surface area contributed by atoms with Gasteiger partial charge in [-0.05, 0) is 50.1 Å². The van der Waals surface area contributed by atoms with E-state index in [-0.39, 0.29) is 5.91 Å². The first kappa shape index (κ1) is 20.4. The number of hydrogen-bond acceptors (Lipinski definition) is 5. The summed E-state index contributed by atoms with van der Waals surface area (Å²) in [7, 11) is 3.09.